The van der Waals surface area contributed by atoms with E-state index in [1.165, 1.54) is 69.1 Å². The Morgan fingerprint density at radius 2 is 1.50 bits per heavy atom. The Bertz CT molecular complexity index is 1230. The second kappa shape index (κ2) is 11.4. The summed E-state index contributed by atoms with van der Waals surface area (Å²) >= 11 is 0. The monoisotopic (exact) mass is 520 g/mol. The lowest BCUT2D eigenvalue weighted by molar-refractivity contribution is -0.120. The molecule has 1 heterocycles. The Balaban J connectivity index is 1.81. The smallest absolute Gasteiger partial charge is 0.337 e. The SMILES string of the molecule is COC(=O)c1cc(NC(=O)[C@@H]2CCCN(S(=O)(=O)c3ccc(OC)c(OC)c3)C2)cc(C(=O)OC)c1. The summed E-state index contributed by atoms with van der Waals surface area (Å²) in [5.74, 6) is -1.82. The van der Waals surface area contributed by atoms with Crippen molar-refractivity contribution in [2.45, 2.75) is 17.7 Å². The molecule has 0 saturated carbocycles. The first-order valence-electron chi connectivity index (χ1n) is 11.0. The number of carbonyl (C=O) groups is 3. The molecule has 1 fully saturated rings. The number of anilines is 1. The summed E-state index contributed by atoms with van der Waals surface area (Å²) in [4.78, 5) is 37.1. The lowest BCUT2D eigenvalue weighted by Crippen LogP contribution is -2.43. The van der Waals surface area contributed by atoms with E-state index in [0.29, 0.717) is 18.6 Å². The third-order valence-corrected chi connectivity index (χ3v) is 7.65. The van der Waals surface area contributed by atoms with Gasteiger partial charge in [0, 0.05) is 24.8 Å². The van der Waals surface area contributed by atoms with E-state index in [9.17, 15) is 22.8 Å². The van der Waals surface area contributed by atoms with Crippen LogP contribution in [0.15, 0.2) is 41.3 Å². The molecule has 1 aliphatic heterocycles. The summed E-state index contributed by atoms with van der Waals surface area (Å²) in [6.07, 6.45) is 0.935. The van der Waals surface area contributed by atoms with Crippen LogP contribution in [0.5, 0.6) is 11.5 Å². The van der Waals surface area contributed by atoms with Gasteiger partial charge in [0.05, 0.1) is 50.4 Å². The zero-order valence-electron chi connectivity index (χ0n) is 20.4. The number of hydrogen-bond acceptors (Lipinski definition) is 9. The number of rotatable bonds is 8. The van der Waals surface area contributed by atoms with E-state index < -0.39 is 33.8 Å². The largest absolute Gasteiger partial charge is 0.493 e. The Hall–Kier alpha value is -3.64. The fourth-order valence-corrected chi connectivity index (χ4v) is 5.46. The van der Waals surface area contributed by atoms with E-state index in [0.717, 1.165) is 0 Å². The van der Waals surface area contributed by atoms with Crippen LogP contribution >= 0.6 is 0 Å². The van der Waals surface area contributed by atoms with Crippen molar-refractivity contribution in [2.24, 2.45) is 5.92 Å². The normalized spacial score (nSPS) is 16.1. The van der Waals surface area contributed by atoms with Gasteiger partial charge in [-0.15, -0.1) is 0 Å². The summed E-state index contributed by atoms with van der Waals surface area (Å²) in [5.41, 5.74) is 0.289. The maximum atomic E-state index is 13.3. The van der Waals surface area contributed by atoms with E-state index in [1.807, 2.05) is 0 Å². The van der Waals surface area contributed by atoms with Crippen LogP contribution in [0.2, 0.25) is 0 Å². The fraction of sp³-hybridized carbons (Fsp3) is 0.375. The van der Waals surface area contributed by atoms with E-state index >= 15 is 0 Å². The first kappa shape index (κ1) is 27.0. The van der Waals surface area contributed by atoms with Crippen molar-refractivity contribution in [1.82, 2.24) is 4.31 Å². The van der Waals surface area contributed by atoms with Gasteiger partial charge >= 0.3 is 11.9 Å². The third kappa shape index (κ3) is 5.77. The number of methoxy groups -OCH3 is 4. The molecule has 2 aromatic rings. The number of amides is 1. The highest BCUT2D eigenvalue weighted by Gasteiger charge is 2.34. The molecule has 1 amide bonds. The summed E-state index contributed by atoms with van der Waals surface area (Å²) in [6.45, 7) is 0.216. The number of benzene rings is 2. The predicted molar refractivity (Wildman–Crippen MR) is 129 cm³/mol. The Morgan fingerprint density at radius 1 is 0.889 bits per heavy atom. The van der Waals surface area contributed by atoms with Crippen molar-refractivity contribution in [3.63, 3.8) is 0 Å². The van der Waals surface area contributed by atoms with Gasteiger partial charge in [0.1, 0.15) is 0 Å². The molecule has 36 heavy (non-hydrogen) atoms. The molecule has 1 aliphatic rings. The number of nitrogens with zero attached hydrogens (tertiary/aromatic N) is 1. The summed E-state index contributed by atoms with van der Waals surface area (Å²) < 4.78 is 47.6. The number of sulfonamides is 1. The Morgan fingerprint density at radius 3 is 2.06 bits per heavy atom. The second-order valence-electron chi connectivity index (χ2n) is 7.99. The third-order valence-electron chi connectivity index (χ3n) is 5.79. The van der Waals surface area contributed by atoms with Gasteiger partial charge in [-0.05, 0) is 43.2 Å². The van der Waals surface area contributed by atoms with Gasteiger partial charge < -0.3 is 24.3 Å². The number of piperidine rings is 1. The molecule has 0 aromatic heterocycles. The molecule has 1 N–H and O–H groups in total. The average Bonchev–Trinajstić information content (AvgIpc) is 2.91. The second-order valence-corrected chi connectivity index (χ2v) is 9.93. The van der Waals surface area contributed by atoms with Crippen LogP contribution < -0.4 is 14.8 Å². The number of ether oxygens (including phenoxy) is 4. The minimum atomic E-state index is -3.91. The minimum absolute atomic E-state index is 0.0229. The van der Waals surface area contributed by atoms with Gasteiger partial charge in [0.15, 0.2) is 11.5 Å². The molecule has 0 unspecified atom stereocenters. The van der Waals surface area contributed by atoms with Crippen LogP contribution in [0, 0.1) is 5.92 Å². The molecule has 12 heteroatoms. The predicted octanol–water partition coefficient (Wildman–Crippen LogP) is 2.32. The topological polar surface area (TPSA) is 138 Å². The van der Waals surface area contributed by atoms with E-state index in [4.69, 9.17) is 18.9 Å². The van der Waals surface area contributed by atoms with Crippen molar-refractivity contribution < 1.29 is 41.7 Å². The van der Waals surface area contributed by atoms with Crippen molar-refractivity contribution in [1.29, 1.82) is 0 Å². The van der Waals surface area contributed by atoms with Crippen molar-refractivity contribution in [2.75, 3.05) is 46.8 Å². The van der Waals surface area contributed by atoms with E-state index in [2.05, 4.69) is 5.32 Å². The molecule has 0 aliphatic carbocycles. The number of hydrogen-bond donors (Lipinski definition) is 1. The van der Waals surface area contributed by atoms with Crippen molar-refractivity contribution in [3.05, 3.63) is 47.5 Å². The van der Waals surface area contributed by atoms with Gasteiger partial charge in [-0.25, -0.2) is 18.0 Å². The quantitative estimate of drug-likeness (QED) is 0.520. The van der Waals surface area contributed by atoms with Crippen LogP contribution in [-0.2, 0) is 24.3 Å². The Labute approximate surface area is 209 Å². The van der Waals surface area contributed by atoms with Crippen LogP contribution in [0.25, 0.3) is 0 Å². The molecular formula is C24H28N2O9S. The van der Waals surface area contributed by atoms with Gasteiger partial charge in [-0.3, -0.25) is 4.79 Å². The molecule has 0 bridgehead atoms. The molecule has 2 aromatic carbocycles. The van der Waals surface area contributed by atoms with E-state index in [-0.39, 0.29) is 40.5 Å². The number of esters is 2. The average molecular weight is 521 g/mol. The van der Waals surface area contributed by atoms with E-state index in [1.54, 1.807) is 0 Å². The lowest BCUT2D eigenvalue weighted by Gasteiger charge is -2.31. The van der Waals surface area contributed by atoms with Crippen LogP contribution in [0.4, 0.5) is 5.69 Å². The van der Waals surface area contributed by atoms with Crippen LogP contribution in [-0.4, -0.2) is 72.1 Å². The molecule has 0 spiro atoms. The Kier molecular flexibility index (Phi) is 8.53. The van der Waals surface area contributed by atoms with Crippen molar-refractivity contribution in [3.8, 4) is 11.5 Å². The maximum absolute atomic E-state index is 13.3. The molecule has 11 nitrogen and oxygen atoms in total. The zero-order valence-corrected chi connectivity index (χ0v) is 21.2. The zero-order chi connectivity index (χ0) is 26.5. The molecule has 3 rings (SSSR count). The maximum Gasteiger partial charge on any atom is 0.337 e. The van der Waals surface area contributed by atoms with Crippen LogP contribution in [0.1, 0.15) is 33.6 Å². The molecule has 1 saturated heterocycles. The number of nitrogens with one attached hydrogen (secondary N) is 1. The highest BCUT2D eigenvalue weighted by atomic mass is 32.2. The van der Waals surface area contributed by atoms with Gasteiger partial charge in [0.2, 0.25) is 15.9 Å². The first-order valence-corrected chi connectivity index (χ1v) is 12.4. The van der Waals surface area contributed by atoms with Gasteiger partial charge in [-0.2, -0.15) is 4.31 Å². The summed E-state index contributed by atoms with van der Waals surface area (Å²) in [7, 11) is 1.35. The molecule has 0 radical (unpaired) electrons. The minimum Gasteiger partial charge on any atom is -0.493 e. The van der Waals surface area contributed by atoms with Crippen LogP contribution in [0.3, 0.4) is 0 Å². The van der Waals surface area contributed by atoms with Crippen molar-refractivity contribution >= 4 is 33.6 Å². The first-order chi connectivity index (χ1) is 17.1. The lowest BCUT2D eigenvalue weighted by atomic mass is 9.98. The number of carbonyl (C=O) groups excluding carboxylic acids is 3. The van der Waals surface area contributed by atoms with Gasteiger partial charge in [-0.1, -0.05) is 0 Å². The van der Waals surface area contributed by atoms with Gasteiger partial charge in [0.25, 0.3) is 0 Å². The highest BCUT2D eigenvalue weighted by Crippen LogP contribution is 2.32. The highest BCUT2D eigenvalue weighted by molar-refractivity contribution is 7.89. The molecule has 194 valence electrons. The standard InChI is InChI=1S/C24H28N2O9S/c1-32-20-8-7-19(13-21(20)33-2)36(30,31)26-9-5-6-15(14-26)22(27)25-18-11-16(23(28)34-3)10-17(12-18)24(29)35-4/h7-8,10-13,15H,5-6,9,14H2,1-4H3,(H,25,27)/t15-/m1/s1. The fourth-order valence-electron chi connectivity index (χ4n) is 3.92. The molecule has 1 atom stereocenters. The summed E-state index contributed by atoms with van der Waals surface area (Å²) in [5, 5.41) is 2.68. The summed E-state index contributed by atoms with van der Waals surface area (Å²) in [6, 6.07) is 8.35. The molecular weight excluding hydrogens is 492 g/mol.